The average Bonchev–Trinajstić information content (AvgIpc) is 3.65. The predicted octanol–water partition coefficient (Wildman–Crippen LogP) is 3.54. The fourth-order valence-corrected chi connectivity index (χ4v) is 6.76. The second-order valence-corrected chi connectivity index (χ2v) is 11.9. The minimum atomic E-state index is -1.50. The quantitative estimate of drug-likeness (QED) is 0.492. The number of amides is 3. The van der Waals surface area contributed by atoms with Crippen molar-refractivity contribution in [3.8, 4) is 0 Å². The Kier molecular flexibility index (Phi) is 6.17. The van der Waals surface area contributed by atoms with E-state index < -0.39 is 28.8 Å². The van der Waals surface area contributed by atoms with Gasteiger partial charge in [0.2, 0.25) is 0 Å². The van der Waals surface area contributed by atoms with Gasteiger partial charge in [0.05, 0.1) is 41.6 Å². The van der Waals surface area contributed by atoms with Gasteiger partial charge in [-0.05, 0) is 19.4 Å². The third-order valence-electron chi connectivity index (χ3n) is 8.73. The number of nitrogens with zero attached hydrogens (tertiary/aromatic N) is 6. The second kappa shape index (κ2) is 9.60. The Morgan fingerprint density at radius 2 is 1.98 bits per heavy atom. The van der Waals surface area contributed by atoms with Crippen molar-refractivity contribution in [2.24, 2.45) is 7.05 Å². The number of aromatic nitrogens is 3. The van der Waals surface area contributed by atoms with Gasteiger partial charge in [0.15, 0.2) is 23.3 Å². The first-order chi connectivity index (χ1) is 20.0. The molecule has 3 amide bonds. The highest BCUT2D eigenvalue weighted by atomic mass is 35.5. The molecule has 0 radical (unpaired) electrons. The van der Waals surface area contributed by atoms with E-state index >= 15 is 8.78 Å². The van der Waals surface area contributed by atoms with Crippen LogP contribution < -0.4 is 10.2 Å². The van der Waals surface area contributed by atoms with Crippen molar-refractivity contribution < 1.29 is 27.5 Å². The topological polar surface area (TPSA) is 95.8 Å². The summed E-state index contributed by atoms with van der Waals surface area (Å²) in [5.41, 5.74) is -1.69. The van der Waals surface area contributed by atoms with Crippen LogP contribution in [0.5, 0.6) is 0 Å². The van der Waals surface area contributed by atoms with Gasteiger partial charge in [-0.25, -0.2) is 22.9 Å². The molecule has 0 saturated carbocycles. The standard InChI is InChI=1S/C28H27ClF3N7O3/c1-28(18-4-3-5-19(29)22(18)31)13-39(25-20(30)11-36(2)35-25)26(40)17-7-33-24(23(32)21(17)28)34-14-8-37(9-14)27(41)38-10-16-6-15(38)12-42-16/h3-5,7,11,14-16H,6,8-10,12-13H2,1-2H3,(H,33,34)/t15-,16-,28+/m0/s1. The zero-order valence-corrected chi connectivity index (χ0v) is 23.5. The first-order valence-corrected chi connectivity index (χ1v) is 14.0. The zero-order valence-electron chi connectivity index (χ0n) is 22.8. The summed E-state index contributed by atoms with van der Waals surface area (Å²) < 4.78 is 53.5. The van der Waals surface area contributed by atoms with Crippen LogP contribution in [-0.4, -0.2) is 87.5 Å². The lowest BCUT2D eigenvalue weighted by Gasteiger charge is -2.44. The maximum Gasteiger partial charge on any atom is 0.320 e. The van der Waals surface area contributed by atoms with E-state index in [0.717, 1.165) is 17.5 Å². The number of rotatable bonds is 4. The molecule has 14 heteroatoms. The molecule has 1 aromatic carbocycles. The minimum Gasteiger partial charge on any atom is -0.374 e. The summed E-state index contributed by atoms with van der Waals surface area (Å²) in [4.78, 5) is 35.3. The number of nitrogens with one attached hydrogen (secondary N) is 1. The van der Waals surface area contributed by atoms with Crippen LogP contribution in [0.25, 0.3) is 0 Å². The number of fused-ring (bicyclic) bond motifs is 3. The average molecular weight is 602 g/mol. The van der Waals surface area contributed by atoms with E-state index in [-0.39, 0.29) is 64.1 Å². The van der Waals surface area contributed by atoms with E-state index in [1.807, 2.05) is 4.90 Å². The van der Waals surface area contributed by atoms with Crippen LogP contribution in [0, 0.1) is 17.5 Å². The van der Waals surface area contributed by atoms with Crippen LogP contribution in [0.4, 0.5) is 29.6 Å². The summed E-state index contributed by atoms with van der Waals surface area (Å²) in [5, 5.41) is 6.95. The molecular formula is C28H27ClF3N7O3. The van der Waals surface area contributed by atoms with Crippen LogP contribution in [0.2, 0.25) is 5.02 Å². The third-order valence-corrected chi connectivity index (χ3v) is 9.02. The van der Waals surface area contributed by atoms with Crippen molar-refractivity contribution in [2.45, 2.75) is 36.9 Å². The molecule has 42 heavy (non-hydrogen) atoms. The number of aryl methyl sites for hydroxylation is 1. The highest BCUT2D eigenvalue weighted by molar-refractivity contribution is 6.30. The van der Waals surface area contributed by atoms with Gasteiger partial charge in [0.25, 0.3) is 5.91 Å². The highest BCUT2D eigenvalue weighted by Gasteiger charge is 2.48. The zero-order chi connectivity index (χ0) is 29.5. The van der Waals surface area contributed by atoms with Crippen LogP contribution in [0.15, 0.2) is 30.6 Å². The largest absolute Gasteiger partial charge is 0.374 e. The molecule has 0 aliphatic carbocycles. The Hall–Kier alpha value is -3.84. The summed E-state index contributed by atoms with van der Waals surface area (Å²) in [7, 11) is 1.50. The molecule has 220 valence electrons. The summed E-state index contributed by atoms with van der Waals surface area (Å²) in [6, 6.07) is 4.11. The molecule has 0 unspecified atom stereocenters. The molecule has 3 atom stereocenters. The highest BCUT2D eigenvalue weighted by Crippen LogP contribution is 2.45. The van der Waals surface area contributed by atoms with Crippen LogP contribution in [0.1, 0.15) is 34.8 Å². The van der Waals surface area contributed by atoms with Gasteiger partial charge >= 0.3 is 6.03 Å². The van der Waals surface area contributed by atoms with Crippen LogP contribution in [0.3, 0.4) is 0 Å². The van der Waals surface area contributed by atoms with E-state index in [1.165, 1.54) is 36.1 Å². The first-order valence-electron chi connectivity index (χ1n) is 13.6. The molecule has 4 aliphatic heterocycles. The smallest absolute Gasteiger partial charge is 0.320 e. The van der Waals surface area contributed by atoms with Crippen molar-refractivity contribution >= 4 is 35.2 Å². The van der Waals surface area contributed by atoms with Gasteiger partial charge in [-0.3, -0.25) is 14.4 Å². The van der Waals surface area contributed by atoms with Gasteiger partial charge in [-0.2, -0.15) is 5.10 Å². The lowest BCUT2D eigenvalue weighted by molar-refractivity contribution is 0.0303. The molecule has 6 heterocycles. The van der Waals surface area contributed by atoms with E-state index in [9.17, 15) is 14.0 Å². The number of urea groups is 1. The molecular weight excluding hydrogens is 575 g/mol. The molecule has 2 aromatic heterocycles. The van der Waals surface area contributed by atoms with Crippen molar-refractivity contribution in [2.75, 3.05) is 43.0 Å². The van der Waals surface area contributed by atoms with Crippen molar-refractivity contribution in [3.05, 3.63) is 69.8 Å². The molecule has 4 aliphatic rings. The molecule has 3 saturated heterocycles. The Bertz CT molecular complexity index is 1630. The van der Waals surface area contributed by atoms with Crippen molar-refractivity contribution in [3.63, 3.8) is 0 Å². The maximum atomic E-state index is 16.4. The van der Waals surface area contributed by atoms with Gasteiger partial charge in [0, 0.05) is 56.0 Å². The van der Waals surface area contributed by atoms with Crippen molar-refractivity contribution in [1.82, 2.24) is 24.6 Å². The molecule has 1 N–H and O–H groups in total. The second-order valence-electron chi connectivity index (χ2n) is 11.5. The van der Waals surface area contributed by atoms with Crippen molar-refractivity contribution in [1.29, 1.82) is 0 Å². The lowest BCUT2D eigenvalue weighted by Crippen LogP contribution is -2.61. The van der Waals surface area contributed by atoms with Gasteiger partial charge < -0.3 is 19.9 Å². The number of pyridine rings is 1. The minimum absolute atomic E-state index is 0.0328. The van der Waals surface area contributed by atoms with E-state index in [4.69, 9.17) is 16.3 Å². The number of carbonyl (C=O) groups excluding carboxylic acids is 2. The number of hydrogen-bond acceptors (Lipinski definition) is 6. The number of carbonyl (C=O) groups is 2. The number of halogens is 4. The molecule has 7 rings (SSSR count). The Morgan fingerprint density at radius 1 is 1.19 bits per heavy atom. The normalized spacial score (nSPS) is 25.2. The number of likely N-dealkylation sites (tertiary alicyclic amines) is 2. The molecule has 3 fully saturated rings. The molecule has 3 aromatic rings. The summed E-state index contributed by atoms with van der Waals surface area (Å²) in [6.07, 6.45) is 3.25. The number of morpholine rings is 1. The SMILES string of the molecule is Cn1cc(F)c(N2C[C@](C)(c3cccc(Cl)c3F)c3c(cnc(NC4CN(C(=O)N5C[C@@H]6C[C@H]5CO6)C4)c3F)C2=O)n1. The van der Waals surface area contributed by atoms with E-state index in [0.29, 0.717) is 26.2 Å². The summed E-state index contributed by atoms with van der Waals surface area (Å²) in [5.74, 6) is -3.47. The number of benzene rings is 1. The Balaban J connectivity index is 1.21. The Morgan fingerprint density at radius 3 is 2.64 bits per heavy atom. The molecule has 2 bridgehead atoms. The fraction of sp³-hybridized carbons (Fsp3) is 0.429. The molecule has 10 nitrogen and oxygen atoms in total. The van der Waals surface area contributed by atoms with Crippen LogP contribution in [-0.2, 0) is 17.2 Å². The van der Waals surface area contributed by atoms with Gasteiger partial charge in [-0.15, -0.1) is 0 Å². The lowest BCUT2D eigenvalue weighted by atomic mass is 9.71. The Labute approximate surface area is 244 Å². The van der Waals surface area contributed by atoms with E-state index in [2.05, 4.69) is 15.4 Å². The maximum absolute atomic E-state index is 16.4. The van der Waals surface area contributed by atoms with Gasteiger partial charge in [0.1, 0.15) is 5.82 Å². The number of hydrogen-bond donors (Lipinski definition) is 1. The third kappa shape index (κ3) is 4.04. The number of ether oxygens (including phenoxy) is 1. The molecule has 0 spiro atoms. The summed E-state index contributed by atoms with van der Waals surface area (Å²) >= 11 is 6.11. The monoisotopic (exact) mass is 601 g/mol. The fourth-order valence-electron chi connectivity index (χ4n) is 6.59. The van der Waals surface area contributed by atoms with Crippen LogP contribution >= 0.6 is 11.6 Å². The van der Waals surface area contributed by atoms with E-state index in [1.54, 1.807) is 11.8 Å². The number of anilines is 2. The first kappa shape index (κ1) is 27.0. The predicted molar refractivity (Wildman–Crippen MR) is 146 cm³/mol. The summed E-state index contributed by atoms with van der Waals surface area (Å²) in [6.45, 7) is 3.08. The van der Waals surface area contributed by atoms with Gasteiger partial charge in [-0.1, -0.05) is 23.7 Å².